The number of ether oxygens (including phenoxy) is 2. The van der Waals surface area contributed by atoms with E-state index in [0.717, 1.165) is 36.8 Å². The van der Waals surface area contributed by atoms with Gasteiger partial charge in [0.2, 0.25) is 0 Å². The van der Waals surface area contributed by atoms with Gasteiger partial charge in [0.1, 0.15) is 11.9 Å². The number of alkyl halides is 2. The van der Waals surface area contributed by atoms with Crippen molar-refractivity contribution < 1.29 is 27.4 Å². The topological polar surface area (TPSA) is 35.5 Å². The number of hydrogen-bond acceptors (Lipinski definition) is 3. The van der Waals surface area contributed by atoms with E-state index in [-0.39, 0.29) is 18.6 Å². The van der Waals surface area contributed by atoms with Gasteiger partial charge in [0.15, 0.2) is 0 Å². The lowest BCUT2D eigenvalue weighted by Crippen LogP contribution is -2.30. The van der Waals surface area contributed by atoms with Crippen molar-refractivity contribution in [1.29, 1.82) is 0 Å². The summed E-state index contributed by atoms with van der Waals surface area (Å²) in [5, 5.41) is 0. The number of carbonyl (C=O) groups is 1. The normalized spacial score (nSPS) is 23.8. The third kappa shape index (κ3) is 6.88. The highest BCUT2D eigenvalue weighted by Crippen LogP contribution is 2.42. The van der Waals surface area contributed by atoms with Crippen LogP contribution in [-0.4, -0.2) is 18.7 Å². The summed E-state index contributed by atoms with van der Waals surface area (Å²) in [5.41, 5.74) is 1.31. The van der Waals surface area contributed by atoms with Gasteiger partial charge < -0.3 is 9.47 Å². The largest absolute Gasteiger partial charge is 0.456 e. The highest BCUT2D eigenvalue weighted by atomic mass is 19.3. The molecule has 2 unspecified atom stereocenters. The van der Waals surface area contributed by atoms with Crippen LogP contribution in [0.5, 0.6) is 0 Å². The van der Waals surface area contributed by atoms with Crippen LogP contribution in [0.4, 0.5) is 13.2 Å². The first-order valence-corrected chi connectivity index (χ1v) is 14.1. The summed E-state index contributed by atoms with van der Waals surface area (Å²) in [4.78, 5) is 12.8. The van der Waals surface area contributed by atoms with Gasteiger partial charge in [0.05, 0.1) is 23.8 Å². The highest BCUT2D eigenvalue weighted by Gasteiger charge is 2.32. The molecule has 206 valence electrons. The maximum absolute atomic E-state index is 15.4. The number of hydrogen-bond donors (Lipinski definition) is 0. The molecule has 0 amide bonds. The second-order valence-corrected chi connectivity index (χ2v) is 10.7. The van der Waals surface area contributed by atoms with Gasteiger partial charge in [-0.05, 0) is 73.1 Å². The Morgan fingerprint density at radius 2 is 1.79 bits per heavy atom. The molecule has 2 fully saturated rings. The lowest BCUT2D eigenvalue weighted by molar-refractivity contribution is -0.0681. The SMILES string of the molecule is C=Cc1ccc(C2CCC(OC(=O)c3ccc(C4CCC(CCCCC)CC4)c(C(F)F)c3F)CO2)cc1. The molecule has 38 heavy (non-hydrogen) atoms. The van der Waals surface area contributed by atoms with Gasteiger partial charge in [0.25, 0.3) is 6.43 Å². The monoisotopic (exact) mass is 528 g/mol. The van der Waals surface area contributed by atoms with E-state index in [2.05, 4.69) is 13.5 Å². The molecule has 0 N–H and O–H groups in total. The molecule has 1 aliphatic carbocycles. The van der Waals surface area contributed by atoms with Crippen molar-refractivity contribution in [3.05, 3.63) is 76.6 Å². The zero-order valence-electron chi connectivity index (χ0n) is 22.3. The summed E-state index contributed by atoms with van der Waals surface area (Å²) in [6.07, 6.45) is 7.56. The Morgan fingerprint density at radius 3 is 2.39 bits per heavy atom. The molecule has 1 aliphatic heterocycles. The van der Waals surface area contributed by atoms with Crippen LogP contribution in [0.25, 0.3) is 6.08 Å². The van der Waals surface area contributed by atoms with Gasteiger partial charge in [-0.15, -0.1) is 0 Å². The fraction of sp³-hybridized carbons (Fsp3) is 0.531. The second kappa shape index (κ2) is 13.5. The minimum absolute atomic E-state index is 0.106. The van der Waals surface area contributed by atoms with Crippen LogP contribution in [0.3, 0.4) is 0 Å². The zero-order chi connectivity index (χ0) is 27.1. The fourth-order valence-electron chi connectivity index (χ4n) is 5.93. The van der Waals surface area contributed by atoms with Crippen molar-refractivity contribution in [3.8, 4) is 0 Å². The van der Waals surface area contributed by atoms with E-state index in [4.69, 9.17) is 9.47 Å². The molecule has 1 saturated heterocycles. The van der Waals surface area contributed by atoms with E-state index in [1.165, 1.54) is 37.8 Å². The number of carbonyl (C=O) groups excluding carboxylic acids is 1. The van der Waals surface area contributed by atoms with Crippen LogP contribution in [-0.2, 0) is 9.47 Å². The smallest absolute Gasteiger partial charge is 0.341 e. The van der Waals surface area contributed by atoms with E-state index in [1.807, 2.05) is 24.3 Å². The summed E-state index contributed by atoms with van der Waals surface area (Å²) in [6.45, 7) is 6.10. The first-order valence-electron chi connectivity index (χ1n) is 14.1. The number of benzene rings is 2. The molecule has 0 spiro atoms. The predicted molar refractivity (Wildman–Crippen MR) is 144 cm³/mol. The minimum Gasteiger partial charge on any atom is -0.456 e. The van der Waals surface area contributed by atoms with Gasteiger partial charge in [-0.1, -0.05) is 75.6 Å². The molecule has 2 atom stereocenters. The Morgan fingerprint density at radius 1 is 1.05 bits per heavy atom. The van der Waals surface area contributed by atoms with Crippen molar-refractivity contribution in [3.63, 3.8) is 0 Å². The van der Waals surface area contributed by atoms with Crippen molar-refractivity contribution >= 4 is 12.0 Å². The average Bonchev–Trinajstić information content (AvgIpc) is 2.93. The van der Waals surface area contributed by atoms with Crippen LogP contribution in [0.15, 0.2) is 43.0 Å². The number of halogens is 3. The molecule has 0 radical (unpaired) electrons. The lowest BCUT2D eigenvalue weighted by Gasteiger charge is -2.31. The van der Waals surface area contributed by atoms with Crippen molar-refractivity contribution in [2.75, 3.05) is 6.61 Å². The van der Waals surface area contributed by atoms with Gasteiger partial charge in [-0.2, -0.15) is 0 Å². The maximum Gasteiger partial charge on any atom is 0.341 e. The standard InChI is InChI=1S/C32H39F3O3/c1-3-5-6-7-22-10-12-23(13-11-22)26-17-18-27(30(33)29(26)31(34)35)32(36)38-25-16-19-28(37-20-25)24-14-8-21(4-2)9-15-24/h4,8-9,14-15,17-18,22-23,25,28,31H,2-3,5-7,10-13,16,19-20H2,1H3. The average molecular weight is 529 g/mol. The highest BCUT2D eigenvalue weighted by molar-refractivity contribution is 5.90. The van der Waals surface area contributed by atoms with Crippen molar-refractivity contribution in [1.82, 2.24) is 0 Å². The van der Waals surface area contributed by atoms with Gasteiger partial charge in [-0.25, -0.2) is 18.0 Å². The Kier molecular flexibility index (Phi) is 10.1. The van der Waals surface area contributed by atoms with Crippen molar-refractivity contribution in [2.24, 2.45) is 5.92 Å². The third-order valence-electron chi connectivity index (χ3n) is 8.21. The van der Waals surface area contributed by atoms with Crippen molar-refractivity contribution in [2.45, 2.75) is 95.7 Å². The Bertz CT molecular complexity index is 1070. The van der Waals surface area contributed by atoms with Crippen LogP contribution in [0.1, 0.15) is 122 Å². The number of rotatable bonds is 10. The molecule has 1 heterocycles. The molecule has 2 aromatic rings. The fourth-order valence-corrected chi connectivity index (χ4v) is 5.93. The first-order chi connectivity index (χ1) is 18.4. The zero-order valence-corrected chi connectivity index (χ0v) is 22.3. The molecule has 4 rings (SSSR count). The first kappa shape index (κ1) is 28.4. The number of unbranched alkanes of at least 4 members (excludes halogenated alkanes) is 2. The van der Waals surface area contributed by atoms with Gasteiger partial charge in [0, 0.05) is 0 Å². The van der Waals surface area contributed by atoms with Crippen LogP contribution in [0, 0.1) is 11.7 Å². The molecule has 0 aromatic heterocycles. The van der Waals surface area contributed by atoms with Crippen LogP contribution in [0.2, 0.25) is 0 Å². The molecule has 6 heteroatoms. The molecule has 0 bridgehead atoms. The molecular weight excluding hydrogens is 489 g/mol. The van der Waals surface area contributed by atoms with Crippen LogP contribution >= 0.6 is 0 Å². The Balaban J connectivity index is 1.37. The van der Waals surface area contributed by atoms with Gasteiger partial charge in [-0.3, -0.25) is 0 Å². The Hall–Kier alpha value is -2.60. The summed E-state index contributed by atoms with van der Waals surface area (Å²) in [7, 11) is 0. The lowest BCUT2D eigenvalue weighted by atomic mass is 9.75. The van der Waals surface area contributed by atoms with Gasteiger partial charge >= 0.3 is 5.97 Å². The van der Waals surface area contributed by atoms with E-state index < -0.39 is 35.4 Å². The third-order valence-corrected chi connectivity index (χ3v) is 8.21. The molecule has 2 aromatic carbocycles. The van der Waals surface area contributed by atoms with E-state index >= 15 is 4.39 Å². The summed E-state index contributed by atoms with van der Waals surface area (Å²) in [5.74, 6) is -1.55. The molecule has 3 nitrogen and oxygen atoms in total. The molecular formula is C32H39F3O3. The number of esters is 1. The maximum atomic E-state index is 15.4. The summed E-state index contributed by atoms with van der Waals surface area (Å²) in [6, 6.07) is 10.7. The molecule has 1 saturated carbocycles. The predicted octanol–water partition coefficient (Wildman–Crippen LogP) is 9.34. The van der Waals surface area contributed by atoms with E-state index in [9.17, 15) is 13.6 Å². The summed E-state index contributed by atoms with van der Waals surface area (Å²) < 4.78 is 54.9. The van der Waals surface area contributed by atoms with E-state index in [0.29, 0.717) is 24.3 Å². The van der Waals surface area contributed by atoms with E-state index in [1.54, 1.807) is 6.08 Å². The van der Waals surface area contributed by atoms with Crippen LogP contribution < -0.4 is 0 Å². The minimum atomic E-state index is -2.99. The summed E-state index contributed by atoms with van der Waals surface area (Å²) >= 11 is 0. The quantitative estimate of drug-likeness (QED) is 0.228. The Labute approximate surface area is 224 Å². The second-order valence-electron chi connectivity index (χ2n) is 10.7. The molecule has 2 aliphatic rings.